The number of fused-ring (bicyclic) bond motifs is 1. The molecule has 0 bridgehead atoms. The fourth-order valence-electron chi connectivity index (χ4n) is 1.14. The van der Waals surface area contributed by atoms with E-state index in [-0.39, 0.29) is 0 Å². The molecule has 0 unspecified atom stereocenters. The largest absolute Gasteiger partial charge is 0.383 e. The summed E-state index contributed by atoms with van der Waals surface area (Å²) in [5, 5.41) is 5.07. The zero-order valence-corrected chi connectivity index (χ0v) is 7.60. The van der Waals surface area contributed by atoms with Gasteiger partial charge >= 0.3 is 0 Å². The van der Waals surface area contributed by atoms with Crippen LogP contribution in [0.2, 0.25) is 0 Å². The van der Waals surface area contributed by atoms with E-state index in [9.17, 15) is 0 Å². The summed E-state index contributed by atoms with van der Waals surface area (Å²) in [5.74, 6) is 0.483. The van der Waals surface area contributed by atoms with Crippen molar-refractivity contribution in [2.24, 2.45) is 0 Å². The van der Waals surface area contributed by atoms with Gasteiger partial charge in [0.25, 0.3) is 0 Å². The van der Waals surface area contributed by atoms with Gasteiger partial charge in [-0.15, -0.1) is 0 Å². The highest BCUT2D eigenvalue weighted by Crippen LogP contribution is 2.16. The molecule has 0 radical (unpaired) electrons. The number of rotatable bonds is 1. The maximum Gasteiger partial charge on any atom is 0.186 e. The molecule has 13 heavy (non-hydrogen) atoms. The van der Waals surface area contributed by atoms with E-state index in [1.807, 2.05) is 10.9 Å². The molecule has 2 aromatic rings. The molecule has 0 aliphatic rings. The van der Waals surface area contributed by atoms with Crippen molar-refractivity contribution in [3.8, 4) is 0 Å². The van der Waals surface area contributed by atoms with E-state index in [1.165, 1.54) is 6.33 Å². The standard InChI is InChI=1S/C8H11N5/c1-5(2)13-3-6-7(9)10-4-11-8(6)12-13/h3-5H,1-2H3,(H2,9,10,11,12). The van der Waals surface area contributed by atoms with Gasteiger partial charge in [0.1, 0.15) is 12.1 Å². The van der Waals surface area contributed by atoms with Gasteiger partial charge in [0.15, 0.2) is 5.65 Å². The van der Waals surface area contributed by atoms with Crippen LogP contribution in [-0.4, -0.2) is 19.7 Å². The lowest BCUT2D eigenvalue weighted by molar-refractivity contribution is 0.536. The van der Waals surface area contributed by atoms with E-state index in [0.29, 0.717) is 17.5 Å². The molecule has 5 heteroatoms. The van der Waals surface area contributed by atoms with Gasteiger partial charge in [0.05, 0.1) is 5.39 Å². The van der Waals surface area contributed by atoms with Crippen LogP contribution in [0.3, 0.4) is 0 Å². The molecule has 5 nitrogen and oxygen atoms in total. The van der Waals surface area contributed by atoms with Crippen LogP contribution in [0.5, 0.6) is 0 Å². The third-order valence-electron chi connectivity index (χ3n) is 1.89. The Hall–Kier alpha value is -1.65. The minimum Gasteiger partial charge on any atom is -0.383 e. The summed E-state index contributed by atoms with van der Waals surface area (Å²) in [6.07, 6.45) is 3.30. The summed E-state index contributed by atoms with van der Waals surface area (Å²) < 4.78 is 1.83. The first-order valence-electron chi connectivity index (χ1n) is 4.14. The van der Waals surface area contributed by atoms with E-state index < -0.39 is 0 Å². The number of aromatic nitrogens is 4. The number of nitrogens with zero attached hydrogens (tertiary/aromatic N) is 4. The van der Waals surface area contributed by atoms with Crippen LogP contribution in [-0.2, 0) is 0 Å². The van der Waals surface area contributed by atoms with Crippen LogP contribution >= 0.6 is 0 Å². The molecule has 0 aliphatic carbocycles. The Morgan fingerprint density at radius 1 is 1.38 bits per heavy atom. The number of nitrogen functional groups attached to an aromatic ring is 1. The van der Waals surface area contributed by atoms with Crippen molar-refractivity contribution in [1.29, 1.82) is 0 Å². The molecule has 2 heterocycles. The number of anilines is 1. The average Bonchev–Trinajstić information content (AvgIpc) is 2.49. The van der Waals surface area contributed by atoms with Crippen LogP contribution < -0.4 is 5.73 Å². The zero-order valence-electron chi connectivity index (χ0n) is 7.60. The third-order valence-corrected chi connectivity index (χ3v) is 1.89. The summed E-state index contributed by atoms with van der Waals surface area (Å²) in [4.78, 5) is 7.92. The SMILES string of the molecule is CC(C)n1cc2c(N)ncnc2n1. The minimum absolute atomic E-state index is 0.314. The molecule has 0 saturated carbocycles. The highest BCUT2D eigenvalue weighted by Gasteiger charge is 2.06. The van der Waals surface area contributed by atoms with Gasteiger partial charge in [-0.05, 0) is 13.8 Å². The van der Waals surface area contributed by atoms with E-state index in [0.717, 1.165) is 5.39 Å². The Morgan fingerprint density at radius 2 is 2.15 bits per heavy atom. The van der Waals surface area contributed by atoms with Gasteiger partial charge in [0, 0.05) is 12.2 Å². The van der Waals surface area contributed by atoms with Crippen LogP contribution in [0.1, 0.15) is 19.9 Å². The second-order valence-corrected chi connectivity index (χ2v) is 3.20. The molecule has 0 amide bonds. The smallest absolute Gasteiger partial charge is 0.186 e. The van der Waals surface area contributed by atoms with Crippen LogP contribution in [0.25, 0.3) is 11.0 Å². The Morgan fingerprint density at radius 3 is 2.77 bits per heavy atom. The normalized spacial score (nSPS) is 11.3. The third kappa shape index (κ3) is 1.22. The molecule has 0 atom stereocenters. The Kier molecular flexibility index (Phi) is 1.65. The molecular formula is C8H11N5. The summed E-state index contributed by atoms with van der Waals surface area (Å²) in [7, 11) is 0. The van der Waals surface area contributed by atoms with Crippen LogP contribution in [0.15, 0.2) is 12.5 Å². The molecule has 0 saturated heterocycles. The highest BCUT2D eigenvalue weighted by molar-refractivity contribution is 5.84. The first-order chi connectivity index (χ1) is 6.18. The van der Waals surface area contributed by atoms with Gasteiger partial charge in [-0.1, -0.05) is 0 Å². The molecule has 68 valence electrons. The first-order valence-corrected chi connectivity index (χ1v) is 4.14. The van der Waals surface area contributed by atoms with Crippen LogP contribution in [0.4, 0.5) is 5.82 Å². The monoisotopic (exact) mass is 177 g/mol. The molecule has 0 spiro atoms. The predicted octanol–water partition coefficient (Wildman–Crippen LogP) is 0.989. The van der Waals surface area contributed by atoms with E-state index >= 15 is 0 Å². The topological polar surface area (TPSA) is 69.6 Å². The molecular weight excluding hydrogens is 166 g/mol. The highest BCUT2D eigenvalue weighted by atomic mass is 15.3. The minimum atomic E-state index is 0.314. The summed E-state index contributed by atoms with van der Waals surface area (Å²) in [6, 6.07) is 0.314. The summed E-state index contributed by atoms with van der Waals surface area (Å²) in [6.45, 7) is 4.10. The average molecular weight is 177 g/mol. The van der Waals surface area contributed by atoms with Crippen molar-refractivity contribution in [2.75, 3.05) is 5.73 Å². The van der Waals surface area contributed by atoms with E-state index in [4.69, 9.17) is 5.73 Å². The van der Waals surface area contributed by atoms with E-state index in [2.05, 4.69) is 28.9 Å². The quantitative estimate of drug-likeness (QED) is 0.705. The van der Waals surface area contributed by atoms with Gasteiger partial charge < -0.3 is 5.73 Å². The maximum atomic E-state index is 5.67. The van der Waals surface area contributed by atoms with Gasteiger partial charge in [-0.2, -0.15) is 5.10 Å². The molecule has 0 aliphatic heterocycles. The van der Waals surface area contributed by atoms with Gasteiger partial charge in [-0.25, -0.2) is 9.97 Å². The molecule has 2 rings (SSSR count). The second-order valence-electron chi connectivity index (χ2n) is 3.20. The van der Waals surface area contributed by atoms with Crippen LogP contribution in [0, 0.1) is 0 Å². The zero-order chi connectivity index (χ0) is 9.42. The fourth-order valence-corrected chi connectivity index (χ4v) is 1.14. The molecule has 2 N–H and O–H groups in total. The number of hydrogen-bond acceptors (Lipinski definition) is 4. The fraction of sp³-hybridized carbons (Fsp3) is 0.375. The Balaban J connectivity index is 2.68. The van der Waals surface area contributed by atoms with Crippen molar-refractivity contribution in [3.63, 3.8) is 0 Å². The van der Waals surface area contributed by atoms with Crippen molar-refractivity contribution in [3.05, 3.63) is 12.5 Å². The van der Waals surface area contributed by atoms with Crippen molar-refractivity contribution >= 4 is 16.9 Å². The Bertz CT molecular complexity index is 431. The predicted molar refractivity (Wildman–Crippen MR) is 50.1 cm³/mol. The summed E-state index contributed by atoms with van der Waals surface area (Å²) in [5.41, 5.74) is 6.32. The second kappa shape index (κ2) is 2.69. The lowest BCUT2D eigenvalue weighted by atomic mass is 10.4. The van der Waals surface area contributed by atoms with Gasteiger partial charge in [-0.3, -0.25) is 4.68 Å². The van der Waals surface area contributed by atoms with Crippen molar-refractivity contribution < 1.29 is 0 Å². The molecule has 0 aromatic carbocycles. The Labute approximate surface area is 75.6 Å². The van der Waals surface area contributed by atoms with Crippen molar-refractivity contribution in [2.45, 2.75) is 19.9 Å². The summed E-state index contributed by atoms with van der Waals surface area (Å²) >= 11 is 0. The van der Waals surface area contributed by atoms with E-state index in [1.54, 1.807) is 0 Å². The number of hydrogen-bond donors (Lipinski definition) is 1. The van der Waals surface area contributed by atoms with Crippen molar-refractivity contribution in [1.82, 2.24) is 19.7 Å². The lowest BCUT2D eigenvalue weighted by Gasteiger charge is -2.01. The number of nitrogens with two attached hydrogens (primary N) is 1. The lowest BCUT2D eigenvalue weighted by Crippen LogP contribution is -2.00. The molecule has 0 fully saturated rings. The molecule has 2 aromatic heterocycles. The van der Waals surface area contributed by atoms with Gasteiger partial charge in [0.2, 0.25) is 0 Å². The first kappa shape index (κ1) is 7.97. The maximum absolute atomic E-state index is 5.67.